The van der Waals surface area contributed by atoms with Crippen LogP contribution in [-0.4, -0.2) is 74.2 Å². The van der Waals surface area contributed by atoms with Crippen LogP contribution in [0.4, 0.5) is 0 Å². The van der Waals surface area contributed by atoms with Crippen LogP contribution in [0.1, 0.15) is 85.5 Å². The highest BCUT2D eigenvalue weighted by atomic mass is 16.5. The maximum Gasteiger partial charge on any atom is 0.264 e. The van der Waals surface area contributed by atoms with E-state index in [0.717, 1.165) is 64.6 Å². The van der Waals surface area contributed by atoms with Gasteiger partial charge in [0.15, 0.2) is 0 Å². The van der Waals surface area contributed by atoms with Crippen LogP contribution in [0.2, 0.25) is 0 Å². The van der Waals surface area contributed by atoms with E-state index in [4.69, 9.17) is 9.47 Å². The molecule has 0 saturated carbocycles. The molecule has 29 heavy (non-hydrogen) atoms. The van der Waals surface area contributed by atoms with Crippen LogP contribution in [0.15, 0.2) is 0 Å². The van der Waals surface area contributed by atoms with Gasteiger partial charge < -0.3 is 19.3 Å². The van der Waals surface area contributed by atoms with Gasteiger partial charge >= 0.3 is 0 Å². The Bertz CT molecular complexity index is 417. The van der Waals surface area contributed by atoms with Crippen LogP contribution >= 0.6 is 0 Å². The lowest BCUT2D eigenvalue weighted by Gasteiger charge is -2.37. The summed E-state index contributed by atoms with van der Waals surface area (Å²) in [7, 11) is 3.57. The Morgan fingerprint density at radius 3 is 1.69 bits per heavy atom. The molecular formula is C23H46N2O4. The van der Waals surface area contributed by atoms with Crippen molar-refractivity contribution in [3.8, 4) is 0 Å². The average Bonchev–Trinajstić information content (AvgIpc) is 2.73. The minimum atomic E-state index is -1.40. The summed E-state index contributed by atoms with van der Waals surface area (Å²) in [4.78, 5) is 30.2. The lowest BCUT2D eigenvalue weighted by molar-refractivity contribution is -0.174. The number of unbranched alkanes of at least 4 members (excludes halogenated alkanes) is 5. The summed E-state index contributed by atoms with van der Waals surface area (Å²) in [5.74, 6) is -0.397. The first-order chi connectivity index (χ1) is 13.9. The predicted molar refractivity (Wildman–Crippen MR) is 119 cm³/mol. The minimum Gasteiger partial charge on any atom is -0.382 e. The van der Waals surface area contributed by atoms with E-state index in [1.807, 2.05) is 13.8 Å². The smallest absolute Gasteiger partial charge is 0.264 e. The lowest BCUT2D eigenvalue weighted by atomic mass is 9.91. The molecule has 0 fully saturated rings. The second kappa shape index (κ2) is 16.6. The minimum absolute atomic E-state index is 0.199. The van der Waals surface area contributed by atoms with Crippen molar-refractivity contribution in [3.05, 3.63) is 0 Å². The third-order valence-corrected chi connectivity index (χ3v) is 5.24. The molecule has 0 saturated heterocycles. The number of carbonyl (C=O) groups excluding carboxylic acids is 2. The molecule has 0 bridgehead atoms. The van der Waals surface area contributed by atoms with Gasteiger partial charge in [0, 0.05) is 47.0 Å². The van der Waals surface area contributed by atoms with Crippen molar-refractivity contribution in [2.24, 2.45) is 0 Å². The van der Waals surface area contributed by atoms with Crippen molar-refractivity contribution >= 4 is 11.8 Å². The Kier molecular flexibility index (Phi) is 16.0. The lowest BCUT2D eigenvalue weighted by Crippen LogP contribution is -2.59. The predicted octanol–water partition coefficient (Wildman–Crippen LogP) is 4.27. The fourth-order valence-corrected chi connectivity index (χ4v) is 3.43. The molecule has 0 aliphatic carbocycles. The molecule has 6 nitrogen and oxygen atoms in total. The Morgan fingerprint density at radius 1 is 0.724 bits per heavy atom. The Hall–Kier alpha value is -1.14. The van der Waals surface area contributed by atoms with Gasteiger partial charge in [-0.05, 0) is 46.0 Å². The van der Waals surface area contributed by atoms with E-state index < -0.39 is 5.60 Å². The molecule has 0 unspecified atom stereocenters. The summed E-state index contributed by atoms with van der Waals surface area (Å²) in [6.45, 7) is 11.2. The number of amides is 2. The van der Waals surface area contributed by atoms with Gasteiger partial charge in [0.1, 0.15) is 0 Å². The molecule has 0 aliphatic rings. The van der Waals surface area contributed by atoms with Crippen LogP contribution < -0.4 is 0 Å². The van der Waals surface area contributed by atoms with Crippen molar-refractivity contribution in [2.75, 3.05) is 47.0 Å². The summed E-state index contributed by atoms with van der Waals surface area (Å²) >= 11 is 0. The van der Waals surface area contributed by atoms with E-state index in [9.17, 15) is 9.59 Å². The van der Waals surface area contributed by atoms with Crippen LogP contribution in [0.3, 0.4) is 0 Å². The quantitative estimate of drug-likeness (QED) is 0.248. The number of likely N-dealkylation sites (N-methyl/N-ethyl adjacent to an activating group) is 2. The molecule has 0 radical (unpaired) electrons. The van der Waals surface area contributed by atoms with E-state index in [1.54, 1.807) is 23.9 Å². The summed E-state index contributed by atoms with van der Waals surface area (Å²) in [5, 5.41) is 0. The first-order valence-electron chi connectivity index (χ1n) is 11.6. The van der Waals surface area contributed by atoms with Crippen LogP contribution in [0.25, 0.3) is 0 Å². The van der Waals surface area contributed by atoms with E-state index in [0.29, 0.717) is 26.1 Å². The largest absolute Gasteiger partial charge is 0.382 e. The third-order valence-electron chi connectivity index (χ3n) is 5.24. The van der Waals surface area contributed by atoms with Crippen LogP contribution in [0, 0.1) is 0 Å². The molecule has 0 N–H and O–H groups in total. The van der Waals surface area contributed by atoms with Crippen molar-refractivity contribution in [2.45, 2.75) is 91.1 Å². The molecule has 2 amide bonds. The van der Waals surface area contributed by atoms with Gasteiger partial charge in [-0.15, -0.1) is 0 Å². The van der Waals surface area contributed by atoms with Gasteiger partial charge in [-0.3, -0.25) is 9.59 Å². The molecule has 0 aromatic carbocycles. The maximum atomic E-state index is 13.4. The Balaban J connectivity index is 5.31. The molecule has 0 aromatic heterocycles. The zero-order valence-electron chi connectivity index (χ0n) is 19.9. The standard InChI is InChI=1S/C23H46N2O4/c1-7-11-18-24(5)21(26)23(29-10-4,22(27)25(6)19-12-8-2)17-15-13-14-16-20-28-9-3/h7-20H2,1-6H3. The fraction of sp³-hybridized carbons (Fsp3) is 0.913. The third kappa shape index (κ3) is 9.94. The highest BCUT2D eigenvalue weighted by Gasteiger charge is 2.49. The molecule has 0 atom stereocenters. The molecular weight excluding hydrogens is 368 g/mol. The van der Waals surface area contributed by atoms with Crippen molar-refractivity contribution in [1.82, 2.24) is 9.80 Å². The fourth-order valence-electron chi connectivity index (χ4n) is 3.43. The highest BCUT2D eigenvalue weighted by molar-refractivity contribution is 6.08. The first-order valence-corrected chi connectivity index (χ1v) is 11.6. The number of carbonyl (C=O) groups is 2. The summed E-state index contributed by atoms with van der Waals surface area (Å²) in [6.07, 6.45) is 8.05. The topological polar surface area (TPSA) is 59.1 Å². The molecule has 0 spiro atoms. The molecule has 0 aromatic rings. The molecule has 172 valence electrons. The van der Waals surface area contributed by atoms with E-state index in [2.05, 4.69) is 13.8 Å². The second-order valence-corrected chi connectivity index (χ2v) is 7.78. The second-order valence-electron chi connectivity index (χ2n) is 7.78. The van der Waals surface area contributed by atoms with Gasteiger partial charge in [0.2, 0.25) is 5.60 Å². The zero-order valence-corrected chi connectivity index (χ0v) is 19.9. The van der Waals surface area contributed by atoms with Crippen molar-refractivity contribution in [1.29, 1.82) is 0 Å². The number of ether oxygens (including phenoxy) is 2. The monoisotopic (exact) mass is 414 g/mol. The summed E-state index contributed by atoms with van der Waals surface area (Å²) in [6, 6.07) is 0. The average molecular weight is 415 g/mol. The van der Waals surface area contributed by atoms with Crippen molar-refractivity contribution < 1.29 is 19.1 Å². The normalized spacial score (nSPS) is 11.5. The first kappa shape index (κ1) is 27.9. The summed E-state index contributed by atoms with van der Waals surface area (Å²) < 4.78 is 11.4. The Labute approximate surface area is 179 Å². The van der Waals surface area contributed by atoms with Crippen LogP contribution in [-0.2, 0) is 19.1 Å². The molecule has 0 heterocycles. The zero-order chi connectivity index (χ0) is 22.1. The number of hydrogen-bond donors (Lipinski definition) is 0. The van der Waals surface area contributed by atoms with Gasteiger partial charge in [0.05, 0.1) is 0 Å². The van der Waals surface area contributed by atoms with Gasteiger partial charge in [-0.2, -0.15) is 0 Å². The van der Waals surface area contributed by atoms with Gasteiger partial charge in [-0.25, -0.2) is 0 Å². The molecule has 0 rings (SSSR count). The SMILES string of the molecule is CCCCN(C)C(=O)C(CCCCCCOCC)(OCC)C(=O)N(C)CCCC. The number of rotatable bonds is 18. The molecule has 6 heteroatoms. The van der Waals surface area contributed by atoms with E-state index in [-0.39, 0.29) is 11.8 Å². The van der Waals surface area contributed by atoms with E-state index >= 15 is 0 Å². The highest BCUT2D eigenvalue weighted by Crippen LogP contribution is 2.26. The van der Waals surface area contributed by atoms with Gasteiger partial charge in [0.25, 0.3) is 11.8 Å². The van der Waals surface area contributed by atoms with E-state index in [1.165, 1.54) is 0 Å². The summed E-state index contributed by atoms with van der Waals surface area (Å²) in [5.41, 5.74) is -1.40. The van der Waals surface area contributed by atoms with Gasteiger partial charge in [-0.1, -0.05) is 39.5 Å². The maximum absolute atomic E-state index is 13.4. The number of hydrogen-bond acceptors (Lipinski definition) is 4. The van der Waals surface area contributed by atoms with Crippen molar-refractivity contribution in [3.63, 3.8) is 0 Å². The Morgan fingerprint density at radius 2 is 1.24 bits per heavy atom. The molecule has 0 aliphatic heterocycles. The number of nitrogens with zero attached hydrogens (tertiary/aromatic N) is 2. The van der Waals surface area contributed by atoms with Crippen LogP contribution in [0.5, 0.6) is 0 Å².